The predicted molar refractivity (Wildman–Crippen MR) is 150 cm³/mol. The minimum absolute atomic E-state index is 0.0734. The van der Waals surface area contributed by atoms with Gasteiger partial charge in [0.05, 0.1) is 38.0 Å². The van der Waals surface area contributed by atoms with E-state index in [2.05, 4.69) is 0 Å². The van der Waals surface area contributed by atoms with Crippen LogP contribution in [0.15, 0.2) is 52.4 Å². The highest BCUT2D eigenvalue weighted by molar-refractivity contribution is 7.99. The summed E-state index contributed by atoms with van der Waals surface area (Å²) in [6.45, 7) is 3.76. The standard InChI is InChI=1S/C26H25N3O6S3/c1-5-35-21(31)12-16(30)14-37-25-27-23-22(24(32)29(25)18-9-7-6-8-15(18)2)38-26(36)28(23)19-13-17(33-3)10-11-20(19)34-4/h6-11,13H,5,12,14H2,1-4H3. The van der Waals surface area contributed by atoms with E-state index < -0.39 is 5.97 Å². The number of fused-ring (bicyclic) bond motifs is 1. The van der Waals surface area contributed by atoms with Crippen molar-refractivity contribution in [1.82, 2.24) is 14.1 Å². The Morgan fingerprint density at radius 2 is 1.84 bits per heavy atom. The second kappa shape index (κ2) is 11.9. The van der Waals surface area contributed by atoms with Crippen LogP contribution in [0.5, 0.6) is 11.5 Å². The lowest BCUT2D eigenvalue weighted by Crippen LogP contribution is -2.23. The lowest BCUT2D eigenvalue weighted by Gasteiger charge is -2.15. The first-order chi connectivity index (χ1) is 18.3. The normalized spacial score (nSPS) is 10.9. The first-order valence-corrected chi connectivity index (χ1v) is 13.8. The van der Waals surface area contributed by atoms with Crippen LogP contribution in [0.2, 0.25) is 0 Å². The topological polar surface area (TPSA) is 102 Å². The van der Waals surface area contributed by atoms with E-state index >= 15 is 0 Å². The van der Waals surface area contributed by atoms with Gasteiger partial charge in [-0.15, -0.1) is 0 Å². The fourth-order valence-electron chi connectivity index (χ4n) is 3.81. The maximum Gasteiger partial charge on any atom is 0.313 e. The number of rotatable bonds is 10. The van der Waals surface area contributed by atoms with Crippen molar-refractivity contribution in [2.24, 2.45) is 0 Å². The molecule has 4 rings (SSSR count). The zero-order valence-corrected chi connectivity index (χ0v) is 23.6. The van der Waals surface area contributed by atoms with Gasteiger partial charge in [-0.1, -0.05) is 41.3 Å². The Balaban J connectivity index is 1.92. The lowest BCUT2D eigenvalue weighted by atomic mass is 10.2. The van der Waals surface area contributed by atoms with E-state index in [1.54, 1.807) is 43.9 Å². The van der Waals surface area contributed by atoms with E-state index in [0.717, 1.165) is 28.7 Å². The number of ether oxygens (including phenoxy) is 3. The Hall–Kier alpha value is -3.48. The molecule has 38 heavy (non-hydrogen) atoms. The number of thioether (sulfide) groups is 1. The van der Waals surface area contributed by atoms with Gasteiger partial charge in [-0.2, -0.15) is 0 Å². The molecule has 4 aromatic rings. The van der Waals surface area contributed by atoms with Gasteiger partial charge in [0.1, 0.15) is 22.6 Å². The molecule has 0 radical (unpaired) electrons. The first kappa shape index (κ1) is 27.6. The fraction of sp³-hybridized carbons (Fsp3) is 0.269. The molecule has 0 amide bonds. The summed E-state index contributed by atoms with van der Waals surface area (Å²) in [6.07, 6.45) is -0.354. The number of hydrogen-bond donors (Lipinski definition) is 0. The maximum absolute atomic E-state index is 13.9. The summed E-state index contributed by atoms with van der Waals surface area (Å²) in [4.78, 5) is 43.1. The van der Waals surface area contributed by atoms with Crippen LogP contribution < -0.4 is 15.0 Å². The van der Waals surface area contributed by atoms with E-state index in [1.165, 1.54) is 4.57 Å². The number of para-hydroxylation sites is 1. The van der Waals surface area contributed by atoms with Crippen LogP contribution in [0, 0.1) is 10.9 Å². The van der Waals surface area contributed by atoms with Gasteiger partial charge >= 0.3 is 5.97 Å². The molecule has 0 saturated carbocycles. The van der Waals surface area contributed by atoms with Gasteiger partial charge in [0.25, 0.3) is 5.56 Å². The lowest BCUT2D eigenvalue weighted by molar-refractivity contribution is -0.145. The number of nitrogens with zero attached hydrogens (tertiary/aromatic N) is 3. The number of benzene rings is 2. The van der Waals surface area contributed by atoms with E-state index in [9.17, 15) is 14.4 Å². The van der Waals surface area contributed by atoms with Crippen molar-refractivity contribution in [3.8, 4) is 22.9 Å². The Morgan fingerprint density at radius 3 is 2.53 bits per heavy atom. The molecule has 2 aromatic carbocycles. The molecule has 0 saturated heterocycles. The minimum atomic E-state index is -0.589. The number of aryl methyl sites for hydroxylation is 1. The summed E-state index contributed by atoms with van der Waals surface area (Å²) < 4.78 is 19.7. The summed E-state index contributed by atoms with van der Waals surface area (Å²) in [5.74, 6) is 0.0977. The molecule has 0 unspecified atom stereocenters. The number of ketones is 1. The molecule has 9 nitrogen and oxygen atoms in total. The molecule has 0 aliphatic heterocycles. The quantitative estimate of drug-likeness (QED) is 0.0864. The van der Waals surface area contributed by atoms with Gasteiger partial charge in [0.15, 0.2) is 20.5 Å². The number of hydrogen-bond acceptors (Lipinski definition) is 10. The van der Waals surface area contributed by atoms with Crippen LogP contribution in [-0.4, -0.2) is 52.5 Å². The summed E-state index contributed by atoms with van der Waals surface area (Å²) in [7, 11) is 3.09. The maximum atomic E-state index is 13.9. The van der Waals surface area contributed by atoms with Gasteiger partial charge < -0.3 is 14.2 Å². The first-order valence-electron chi connectivity index (χ1n) is 11.6. The molecule has 0 atom stereocenters. The number of thiazole rings is 1. The van der Waals surface area contributed by atoms with E-state index in [4.69, 9.17) is 31.4 Å². The van der Waals surface area contributed by atoms with Crippen molar-refractivity contribution in [3.63, 3.8) is 0 Å². The SMILES string of the molecule is CCOC(=O)CC(=O)CSc1nc2c(sc(=S)n2-c2cc(OC)ccc2OC)c(=O)n1-c1ccccc1C. The number of aromatic nitrogens is 3. The summed E-state index contributed by atoms with van der Waals surface area (Å²) in [5.41, 5.74) is 2.08. The van der Waals surface area contributed by atoms with Crippen molar-refractivity contribution < 1.29 is 23.8 Å². The summed E-state index contributed by atoms with van der Waals surface area (Å²) in [6, 6.07) is 12.7. The van der Waals surface area contributed by atoms with Gasteiger partial charge in [-0.05, 0) is 49.8 Å². The van der Waals surface area contributed by atoms with Gasteiger partial charge in [-0.3, -0.25) is 23.5 Å². The third-order valence-corrected chi connectivity index (χ3v) is 7.92. The number of Topliss-reactive ketones (excluding diaryl/α,β-unsaturated/α-hetero) is 1. The highest BCUT2D eigenvalue weighted by Crippen LogP contribution is 2.33. The molecular weight excluding hydrogens is 547 g/mol. The zero-order chi connectivity index (χ0) is 27.4. The van der Waals surface area contributed by atoms with E-state index in [1.807, 2.05) is 31.2 Å². The molecule has 0 spiro atoms. The average molecular weight is 572 g/mol. The van der Waals surface area contributed by atoms with Crippen LogP contribution in [0.1, 0.15) is 18.9 Å². The summed E-state index contributed by atoms with van der Waals surface area (Å²) >= 11 is 7.89. The summed E-state index contributed by atoms with van der Waals surface area (Å²) in [5, 5.41) is 0.289. The molecule has 2 heterocycles. The van der Waals surface area contributed by atoms with E-state index in [0.29, 0.717) is 37.2 Å². The molecule has 0 aliphatic carbocycles. The second-order valence-electron chi connectivity index (χ2n) is 8.02. The zero-order valence-electron chi connectivity index (χ0n) is 21.2. The Kier molecular flexibility index (Phi) is 8.65. The minimum Gasteiger partial charge on any atom is -0.497 e. The molecule has 0 fully saturated rings. The van der Waals surface area contributed by atoms with Crippen molar-refractivity contribution in [2.45, 2.75) is 25.4 Å². The number of carbonyl (C=O) groups excluding carboxylic acids is 2. The average Bonchev–Trinajstić information content (AvgIpc) is 3.23. The third-order valence-electron chi connectivity index (χ3n) is 5.57. The van der Waals surface area contributed by atoms with Crippen LogP contribution in [0.3, 0.4) is 0 Å². The van der Waals surface area contributed by atoms with E-state index in [-0.39, 0.29) is 35.3 Å². The van der Waals surface area contributed by atoms with Crippen molar-refractivity contribution in [1.29, 1.82) is 0 Å². The molecule has 0 bridgehead atoms. The number of esters is 1. The molecule has 0 N–H and O–H groups in total. The highest BCUT2D eigenvalue weighted by atomic mass is 32.2. The van der Waals surface area contributed by atoms with Crippen molar-refractivity contribution >= 4 is 57.4 Å². The largest absolute Gasteiger partial charge is 0.497 e. The number of methoxy groups -OCH3 is 2. The smallest absolute Gasteiger partial charge is 0.313 e. The molecule has 2 aromatic heterocycles. The Labute approximate surface area is 232 Å². The van der Waals surface area contributed by atoms with Crippen LogP contribution in [-0.2, 0) is 14.3 Å². The fourth-order valence-corrected chi connectivity index (χ4v) is 5.96. The van der Waals surface area contributed by atoms with Gasteiger partial charge in [0.2, 0.25) is 0 Å². The van der Waals surface area contributed by atoms with Crippen LogP contribution in [0.4, 0.5) is 0 Å². The molecular formula is C26H25N3O6S3. The molecule has 198 valence electrons. The van der Waals surface area contributed by atoms with Gasteiger partial charge in [-0.25, -0.2) is 4.98 Å². The monoisotopic (exact) mass is 571 g/mol. The van der Waals surface area contributed by atoms with Crippen LogP contribution >= 0.6 is 35.3 Å². The Bertz CT molecular complexity index is 1640. The third kappa shape index (κ3) is 5.52. The van der Waals surface area contributed by atoms with Crippen molar-refractivity contribution in [3.05, 3.63) is 62.3 Å². The second-order valence-corrected chi connectivity index (χ2v) is 10.6. The predicted octanol–water partition coefficient (Wildman–Crippen LogP) is 4.91. The highest BCUT2D eigenvalue weighted by Gasteiger charge is 2.22. The van der Waals surface area contributed by atoms with Gasteiger partial charge in [0, 0.05) is 6.07 Å². The molecule has 0 aliphatic rings. The van der Waals surface area contributed by atoms with Crippen LogP contribution in [0.25, 0.3) is 21.7 Å². The molecule has 12 heteroatoms. The number of carbonyl (C=O) groups is 2. The Morgan fingerprint density at radius 1 is 1.08 bits per heavy atom. The van der Waals surface area contributed by atoms with Crippen molar-refractivity contribution in [2.75, 3.05) is 26.6 Å².